The number of aliphatic carboxylic acids is 1. The van der Waals surface area contributed by atoms with E-state index in [2.05, 4.69) is 10.6 Å². The monoisotopic (exact) mass is 393 g/mol. The highest BCUT2D eigenvalue weighted by Gasteiger charge is 2.43. The fourth-order valence-electron chi connectivity index (χ4n) is 3.82. The minimum atomic E-state index is -1.22. The molecule has 0 bridgehead atoms. The summed E-state index contributed by atoms with van der Waals surface area (Å²) in [4.78, 5) is 49.7. The number of hydrogen-bond donors (Lipinski definition) is 3. The summed E-state index contributed by atoms with van der Waals surface area (Å²) in [6, 6.07) is 12.2. The highest BCUT2D eigenvalue weighted by Crippen LogP contribution is 2.27. The predicted octanol–water partition coefficient (Wildman–Crippen LogP) is 1.39. The Morgan fingerprint density at radius 2 is 1.72 bits per heavy atom. The van der Waals surface area contributed by atoms with E-state index in [0.29, 0.717) is 11.1 Å². The van der Waals surface area contributed by atoms with Crippen LogP contribution < -0.4 is 10.6 Å². The molecule has 3 N–H and O–H groups in total. The molecular weight excluding hydrogens is 374 g/mol. The second kappa shape index (κ2) is 6.73. The Bertz CT molecular complexity index is 1030. The van der Waals surface area contributed by atoms with Crippen molar-refractivity contribution in [1.82, 2.24) is 15.5 Å². The first-order valence-electron chi connectivity index (χ1n) is 9.14. The molecule has 2 aromatic carbocycles. The lowest BCUT2D eigenvalue weighted by Gasteiger charge is -2.34. The van der Waals surface area contributed by atoms with Crippen LogP contribution in [0.15, 0.2) is 48.5 Å². The van der Waals surface area contributed by atoms with Crippen LogP contribution >= 0.6 is 0 Å². The Morgan fingerprint density at radius 1 is 1.07 bits per heavy atom. The molecule has 0 aliphatic carbocycles. The van der Waals surface area contributed by atoms with Gasteiger partial charge in [0.1, 0.15) is 11.6 Å². The maximum atomic E-state index is 13.1. The van der Waals surface area contributed by atoms with Gasteiger partial charge in [0.25, 0.3) is 11.8 Å². The van der Waals surface area contributed by atoms with Crippen molar-refractivity contribution in [3.8, 4) is 0 Å². The van der Waals surface area contributed by atoms with Gasteiger partial charge in [-0.1, -0.05) is 36.4 Å². The maximum Gasteiger partial charge on any atom is 0.326 e. The summed E-state index contributed by atoms with van der Waals surface area (Å²) in [7, 11) is 0. The average molecular weight is 393 g/mol. The lowest BCUT2D eigenvalue weighted by Crippen LogP contribution is -2.48. The first-order valence-corrected chi connectivity index (χ1v) is 9.14. The Kier molecular flexibility index (Phi) is 4.34. The third-order valence-electron chi connectivity index (χ3n) is 5.55. The number of fused-ring (bicyclic) bond motifs is 1. The van der Waals surface area contributed by atoms with Crippen molar-refractivity contribution in [3.63, 3.8) is 0 Å². The summed E-state index contributed by atoms with van der Waals surface area (Å²) in [5.74, 6) is -1.93. The van der Waals surface area contributed by atoms with Crippen molar-refractivity contribution in [2.75, 3.05) is 0 Å². The van der Waals surface area contributed by atoms with Gasteiger partial charge >= 0.3 is 12.0 Å². The van der Waals surface area contributed by atoms with E-state index < -0.39 is 35.4 Å². The molecule has 2 atom stereocenters. The Morgan fingerprint density at radius 3 is 2.31 bits per heavy atom. The van der Waals surface area contributed by atoms with E-state index in [4.69, 9.17) is 0 Å². The first-order chi connectivity index (χ1) is 13.8. The summed E-state index contributed by atoms with van der Waals surface area (Å²) < 4.78 is 0. The normalized spacial score (nSPS) is 23.2. The van der Waals surface area contributed by atoms with Crippen LogP contribution in [0.25, 0.3) is 0 Å². The number of imide groups is 1. The lowest BCUT2D eigenvalue weighted by molar-refractivity contribution is -0.142. The first kappa shape index (κ1) is 18.7. The van der Waals surface area contributed by atoms with Gasteiger partial charge in [-0.05, 0) is 35.7 Å². The van der Waals surface area contributed by atoms with Crippen LogP contribution in [-0.4, -0.2) is 39.9 Å². The number of carbonyl (C=O) groups is 4. The smallest absolute Gasteiger partial charge is 0.326 e. The molecule has 29 heavy (non-hydrogen) atoms. The van der Waals surface area contributed by atoms with E-state index >= 15 is 0 Å². The molecule has 1 fully saturated rings. The van der Waals surface area contributed by atoms with E-state index in [0.717, 1.165) is 11.1 Å². The number of hydrogen-bond acceptors (Lipinski definition) is 4. The molecule has 0 aromatic heterocycles. The molecule has 2 heterocycles. The van der Waals surface area contributed by atoms with Crippen LogP contribution in [0.3, 0.4) is 0 Å². The van der Waals surface area contributed by atoms with Gasteiger partial charge in [0.15, 0.2) is 0 Å². The van der Waals surface area contributed by atoms with Crippen LogP contribution in [-0.2, 0) is 28.1 Å². The van der Waals surface area contributed by atoms with Crippen molar-refractivity contribution in [2.24, 2.45) is 0 Å². The van der Waals surface area contributed by atoms with Gasteiger partial charge in [0.05, 0.1) is 0 Å². The second-order valence-electron chi connectivity index (χ2n) is 7.37. The van der Waals surface area contributed by atoms with Crippen LogP contribution in [0.5, 0.6) is 0 Å². The lowest BCUT2D eigenvalue weighted by atomic mass is 9.90. The van der Waals surface area contributed by atoms with Crippen molar-refractivity contribution in [3.05, 3.63) is 70.8 Å². The van der Waals surface area contributed by atoms with Gasteiger partial charge in [0.2, 0.25) is 0 Å². The fraction of sp³-hybridized carbons (Fsp3) is 0.238. The molecule has 8 heteroatoms. The van der Waals surface area contributed by atoms with Crippen molar-refractivity contribution >= 4 is 23.8 Å². The van der Waals surface area contributed by atoms with E-state index in [1.54, 1.807) is 31.2 Å². The Hall–Kier alpha value is -3.68. The van der Waals surface area contributed by atoms with Gasteiger partial charge < -0.3 is 15.3 Å². The average Bonchev–Trinajstić information content (AvgIpc) is 2.98. The summed E-state index contributed by atoms with van der Waals surface area (Å²) in [6.07, 6.45) is 0.250. The fourth-order valence-corrected chi connectivity index (χ4v) is 3.82. The number of nitrogens with zero attached hydrogens (tertiary/aromatic N) is 1. The highest BCUT2D eigenvalue weighted by molar-refractivity contribution is 6.07. The number of carboxylic acids is 1. The summed E-state index contributed by atoms with van der Waals surface area (Å²) >= 11 is 0. The molecule has 0 unspecified atom stereocenters. The number of amides is 4. The van der Waals surface area contributed by atoms with Gasteiger partial charge in [0, 0.05) is 18.5 Å². The second-order valence-corrected chi connectivity index (χ2v) is 7.37. The zero-order chi connectivity index (χ0) is 20.8. The van der Waals surface area contributed by atoms with Gasteiger partial charge in [-0.2, -0.15) is 0 Å². The molecule has 2 aliphatic rings. The summed E-state index contributed by atoms with van der Waals surface area (Å²) in [5.41, 5.74) is 1.47. The third-order valence-corrected chi connectivity index (χ3v) is 5.55. The standard InChI is InChI=1S/C21H19N3O5/c1-21(19(28)22-20(29)23-21)15-8-6-12(7-9-15)17(25)24-11-14-5-3-2-4-13(14)10-16(24)18(26)27/h2-9,16H,10-11H2,1H3,(H,26,27)(H2,22,23,28,29)/t16-,21+/m0/s1. The quantitative estimate of drug-likeness (QED) is 0.682. The maximum absolute atomic E-state index is 13.1. The van der Waals surface area contributed by atoms with Crippen LogP contribution in [0, 0.1) is 0 Å². The van der Waals surface area contributed by atoms with Gasteiger partial charge in [-0.25, -0.2) is 9.59 Å². The summed E-state index contributed by atoms with van der Waals surface area (Å²) in [6.45, 7) is 1.79. The molecule has 0 saturated carbocycles. The van der Waals surface area contributed by atoms with E-state index in [1.807, 2.05) is 24.3 Å². The summed E-state index contributed by atoms with van der Waals surface area (Å²) in [5, 5.41) is 14.4. The van der Waals surface area contributed by atoms with Gasteiger partial charge in [-0.3, -0.25) is 14.9 Å². The van der Waals surface area contributed by atoms with Crippen LogP contribution in [0.2, 0.25) is 0 Å². The predicted molar refractivity (Wildman–Crippen MR) is 102 cm³/mol. The largest absolute Gasteiger partial charge is 0.480 e. The topological polar surface area (TPSA) is 116 Å². The number of urea groups is 1. The van der Waals surface area contributed by atoms with E-state index in [9.17, 15) is 24.3 Å². The number of rotatable bonds is 3. The zero-order valence-corrected chi connectivity index (χ0v) is 15.6. The molecule has 2 aliphatic heterocycles. The Balaban J connectivity index is 1.61. The molecule has 8 nitrogen and oxygen atoms in total. The van der Waals surface area contributed by atoms with Crippen molar-refractivity contribution < 1.29 is 24.3 Å². The molecule has 148 valence electrons. The zero-order valence-electron chi connectivity index (χ0n) is 15.6. The van der Waals surface area contributed by atoms with Crippen LogP contribution in [0.1, 0.15) is 34.0 Å². The minimum absolute atomic E-state index is 0.212. The van der Waals surface area contributed by atoms with Crippen LogP contribution in [0.4, 0.5) is 4.79 Å². The molecule has 2 aromatic rings. The number of benzene rings is 2. The number of carboxylic acid groups (broad SMARTS) is 1. The Labute approximate surface area is 166 Å². The third kappa shape index (κ3) is 3.12. The van der Waals surface area contributed by atoms with Crippen molar-refractivity contribution in [1.29, 1.82) is 0 Å². The molecular formula is C21H19N3O5. The SMILES string of the molecule is C[C@]1(c2ccc(C(=O)N3Cc4ccccc4C[C@H]3C(=O)O)cc2)NC(=O)NC1=O. The highest BCUT2D eigenvalue weighted by atomic mass is 16.4. The number of carbonyl (C=O) groups excluding carboxylic acids is 3. The molecule has 0 radical (unpaired) electrons. The molecule has 4 amide bonds. The van der Waals surface area contributed by atoms with E-state index in [1.165, 1.54) is 4.90 Å². The molecule has 1 saturated heterocycles. The van der Waals surface area contributed by atoms with Gasteiger partial charge in [-0.15, -0.1) is 0 Å². The minimum Gasteiger partial charge on any atom is -0.480 e. The molecule has 4 rings (SSSR count). The number of nitrogens with one attached hydrogen (secondary N) is 2. The van der Waals surface area contributed by atoms with Crippen molar-refractivity contribution in [2.45, 2.75) is 31.5 Å². The molecule has 0 spiro atoms. The van der Waals surface area contributed by atoms with E-state index in [-0.39, 0.29) is 13.0 Å².